The minimum atomic E-state index is -4.62. The first-order valence-corrected chi connectivity index (χ1v) is 8.87. The molecule has 3 heterocycles. The van der Waals surface area contributed by atoms with Crippen molar-refractivity contribution < 1.29 is 32.9 Å². The van der Waals surface area contributed by atoms with E-state index < -0.39 is 42.4 Å². The van der Waals surface area contributed by atoms with Crippen LogP contribution in [0.2, 0.25) is 0 Å². The maximum atomic E-state index is 12.9. The summed E-state index contributed by atoms with van der Waals surface area (Å²) in [6, 6.07) is 6.94. The molecule has 6 nitrogen and oxygen atoms in total. The maximum Gasteiger partial charge on any atom is 0.433 e. The highest BCUT2D eigenvalue weighted by molar-refractivity contribution is 5.19. The van der Waals surface area contributed by atoms with Crippen LogP contribution in [-0.2, 0) is 17.3 Å². The molecule has 1 aliphatic rings. The van der Waals surface area contributed by atoms with Gasteiger partial charge in [-0.05, 0) is 43.5 Å². The topological polar surface area (TPSA) is 84.7 Å². The fourth-order valence-electron chi connectivity index (χ4n) is 3.14. The lowest BCUT2D eigenvalue weighted by Gasteiger charge is -2.41. The number of pyridine rings is 2. The van der Waals surface area contributed by atoms with E-state index in [0.717, 1.165) is 11.6 Å². The number of aliphatic hydroxyl groups excluding tert-OH is 2. The molecule has 2 N–H and O–H groups in total. The summed E-state index contributed by atoms with van der Waals surface area (Å²) in [5.41, 5.74) is -0.110. The Morgan fingerprint density at radius 2 is 1.82 bits per heavy atom. The molecule has 1 fully saturated rings. The number of aliphatic hydroxyl groups is 2. The summed E-state index contributed by atoms with van der Waals surface area (Å²) in [6.07, 6.45) is -5.21. The molecule has 0 aromatic carbocycles. The second kappa shape index (κ2) is 8.42. The first-order chi connectivity index (χ1) is 13.3. The molecule has 1 saturated heterocycles. The number of ether oxygens (including phenoxy) is 2. The summed E-state index contributed by atoms with van der Waals surface area (Å²) in [7, 11) is 0. The number of hydrogen-bond acceptors (Lipinski definition) is 6. The van der Waals surface area contributed by atoms with Crippen molar-refractivity contribution in [2.24, 2.45) is 0 Å². The third-order valence-electron chi connectivity index (χ3n) is 4.66. The lowest BCUT2D eigenvalue weighted by molar-refractivity contribution is -0.211. The van der Waals surface area contributed by atoms with Crippen LogP contribution in [0, 0.1) is 0 Å². The number of aromatic nitrogens is 2. The zero-order valence-electron chi connectivity index (χ0n) is 15.1. The van der Waals surface area contributed by atoms with Crippen molar-refractivity contribution in [1.29, 1.82) is 0 Å². The Bertz CT molecular complexity index is 775. The maximum absolute atomic E-state index is 12.9. The van der Waals surface area contributed by atoms with E-state index in [-0.39, 0.29) is 5.88 Å². The van der Waals surface area contributed by atoms with Gasteiger partial charge in [-0.25, -0.2) is 4.98 Å². The summed E-state index contributed by atoms with van der Waals surface area (Å²) in [5.74, 6) is -0.293. The van der Waals surface area contributed by atoms with E-state index in [1.807, 2.05) is 12.1 Å². The van der Waals surface area contributed by atoms with E-state index in [1.165, 1.54) is 12.1 Å². The van der Waals surface area contributed by atoms with Crippen molar-refractivity contribution in [2.75, 3.05) is 0 Å². The highest BCUT2D eigenvalue weighted by Crippen LogP contribution is 2.31. The van der Waals surface area contributed by atoms with Gasteiger partial charge in [-0.1, -0.05) is 6.07 Å². The lowest BCUT2D eigenvalue weighted by atomic mass is 9.92. The van der Waals surface area contributed by atoms with Crippen LogP contribution in [0.25, 0.3) is 0 Å². The van der Waals surface area contributed by atoms with Gasteiger partial charge in [0.25, 0.3) is 0 Å². The van der Waals surface area contributed by atoms with Crippen LogP contribution in [0.4, 0.5) is 13.2 Å². The molecule has 1 aliphatic heterocycles. The normalized spacial score (nSPS) is 28.1. The van der Waals surface area contributed by atoms with Crippen LogP contribution in [0.15, 0.2) is 42.7 Å². The molecule has 0 unspecified atom stereocenters. The molecule has 2 aromatic heterocycles. The third-order valence-corrected chi connectivity index (χ3v) is 4.66. The van der Waals surface area contributed by atoms with Crippen LogP contribution in [-0.4, -0.2) is 50.7 Å². The first-order valence-electron chi connectivity index (χ1n) is 8.87. The van der Waals surface area contributed by atoms with Gasteiger partial charge in [0.05, 0.1) is 12.2 Å². The average molecular weight is 398 g/mol. The van der Waals surface area contributed by atoms with Crippen molar-refractivity contribution >= 4 is 0 Å². The Hall–Kier alpha value is -2.23. The summed E-state index contributed by atoms with van der Waals surface area (Å²) in [6.45, 7) is 1.62. The Kier molecular flexibility index (Phi) is 6.17. The SMILES string of the molecule is C[C@H]1O[C@H](CCc2ccncc2)[C@H](Oc2cccc(C(F)(F)F)n2)[C@@H](O)[C@H]1O. The van der Waals surface area contributed by atoms with Gasteiger partial charge < -0.3 is 19.7 Å². The van der Waals surface area contributed by atoms with Gasteiger partial charge in [0, 0.05) is 18.5 Å². The molecule has 0 amide bonds. The van der Waals surface area contributed by atoms with Crippen molar-refractivity contribution in [2.45, 2.75) is 56.5 Å². The number of aryl methyl sites for hydroxylation is 1. The van der Waals surface area contributed by atoms with Crippen LogP contribution < -0.4 is 4.74 Å². The highest BCUT2D eigenvalue weighted by atomic mass is 19.4. The van der Waals surface area contributed by atoms with Crippen molar-refractivity contribution in [1.82, 2.24) is 9.97 Å². The molecule has 28 heavy (non-hydrogen) atoms. The fourth-order valence-corrected chi connectivity index (χ4v) is 3.14. The minimum Gasteiger partial charge on any atom is -0.469 e. The molecule has 152 valence electrons. The third kappa shape index (κ3) is 4.78. The smallest absolute Gasteiger partial charge is 0.433 e. The van der Waals surface area contributed by atoms with E-state index in [1.54, 1.807) is 19.3 Å². The van der Waals surface area contributed by atoms with E-state index in [4.69, 9.17) is 9.47 Å². The minimum absolute atomic E-state index is 0.293. The predicted molar refractivity (Wildman–Crippen MR) is 92.6 cm³/mol. The van der Waals surface area contributed by atoms with E-state index in [9.17, 15) is 23.4 Å². The van der Waals surface area contributed by atoms with Crippen LogP contribution in [0.1, 0.15) is 24.6 Å². The van der Waals surface area contributed by atoms with Crippen LogP contribution >= 0.6 is 0 Å². The zero-order chi connectivity index (χ0) is 20.3. The summed E-state index contributed by atoms with van der Waals surface area (Å²) >= 11 is 0. The monoisotopic (exact) mass is 398 g/mol. The number of nitrogens with zero attached hydrogens (tertiary/aromatic N) is 2. The highest BCUT2D eigenvalue weighted by Gasteiger charge is 2.44. The molecule has 0 aliphatic carbocycles. The van der Waals surface area contributed by atoms with Crippen molar-refractivity contribution in [3.8, 4) is 5.88 Å². The average Bonchev–Trinajstić information content (AvgIpc) is 2.67. The van der Waals surface area contributed by atoms with Gasteiger partial charge in [-0.2, -0.15) is 13.2 Å². The molecular weight excluding hydrogens is 377 g/mol. The van der Waals surface area contributed by atoms with Gasteiger partial charge in [0.2, 0.25) is 5.88 Å². The molecule has 0 spiro atoms. The van der Waals surface area contributed by atoms with E-state index in [0.29, 0.717) is 12.8 Å². The summed E-state index contributed by atoms with van der Waals surface area (Å²) in [5, 5.41) is 20.6. The van der Waals surface area contributed by atoms with Gasteiger partial charge >= 0.3 is 6.18 Å². The molecule has 0 bridgehead atoms. The number of hydrogen-bond donors (Lipinski definition) is 2. The second-order valence-corrected chi connectivity index (χ2v) is 6.70. The van der Waals surface area contributed by atoms with Crippen molar-refractivity contribution in [3.05, 3.63) is 54.0 Å². The molecule has 3 rings (SSSR count). The predicted octanol–water partition coefficient (Wildman–Crippen LogP) is 2.38. The molecule has 0 saturated carbocycles. The number of rotatable bonds is 5. The number of alkyl halides is 3. The first kappa shape index (κ1) is 20.5. The summed E-state index contributed by atoms with van der Waals surface area (Å²) < 4.78 is 50.0. The molecule has 9 heteroatoms. The largest absolute Gasteiger partial charge is 0.469 e. The van der Waals surface area contributed by atoms with Gasteiger partial charge in [-0.15, -0.1) is 0 Å². The molecule has 0 radical (unpaired) electrons. The van der Waals surface area contributed by atoms with Crippen LogP contribution in [0.3, 0.4) is 0 Å². The molecular formula is C19H21F3N2O4. The second-order valence-electron chi connectivity index (χ2n) is 6.70. The zero-order valence-corrected chi connectivity index (χ0v) is 15.1. The van der Waals surface area contributed by atoms with Gasteiger partial charge in [-0.3, -0.25) is 4.98 Å². The Labute approximate surface area is 160 Å². The van der Waals surface area contributed by atoms with Gasteiger partial charge in [0.1, 0.15) is 17.9 Å². The molecule has 2 aromatic rings. The van der Waals surface area contributed by atoms with Crippen molar-refractivity contribution in [3.63, 3.8) is 0 Å². The Morgan fingerprint density at radius 1 is 1.11 bits per heavy atom. The van der Waals surface area contributed by atoms with E-state index >= 15 is 0 Å². The van der Waals surface area contributed by atoms with Crippen LogP contribution in [0.5, 0.6) is 5.88 Å². The standard InChI is InChI=1S/C19H21F3N2O4/c1-11-16(25)17(26)18(13(27-11)6-5-12-7-9-23-10-8-12)28-15-4-2-3-14(24-15)19(20,21)22/h2-4,7-11,13,16-18,25-26H,5-6H2,1H3/t11-,13-,16+,17+,18+/m1/s1. The number of halogens is 3. The molecule has 5 atom stereocenters. The van der Waals surface area contributed by atoms with Gasteiger partial charge in [0.15, 0.2) is 6.10 Å². The summed E-state index contributed by atoms with van der Waals surface area (Å²) in [4.78, 5) is 7.41. The fraction of sp³-hybridized carbons (Fsp3) is 0.474. The van der Waals surface area contributed by atoms with E-state index in [2.05, 4.69) is 9.97 Å². The Morgan fingerprint density at radius 3 is 2.50 bits per heavy atom. The quantitative estimate of drug-likeness (QED) is 0.805. The Balaban J connectivity index is 1.78. The lowest BCUT2D eigenvalue weighted by Crippen LogP contribution is -2.58.